The Morgan fingerprint density at radius 3 is 2.76 bits per heavy atom. The maximum Gasteiger partial charge on any atom is 0.191 e. The third kappa shape index (κ3) is 4.22. The fraction of sp³-hybridized carbons (Fsp3) is 0.533. The first-order chi connectivity index (χ1) is 9.69. The number of halogens is 3. The zero-order valence-corrected chi connectivity index (χ0v) is 15.0. The monoisotopic (exact) mass is 423 g/mol. The SMILES string of the molecule is CCN=C(NC1CC1)NC1CC1c1c(F)cccc1Cl.I. The molecule has 0 spiro atoms. The van der Waals surface area contributed by atoms with Gasteiger partial charge in [0.1, 0.15) is 5.82 Å². The van der Waals surface area contributed by atoms with Crippen molar-refractivity contribution in [3.8, 4) is 0 Å². The van der Waals surface area contributed by atoms with Crippen LogP contribution >= 0.6 is 35.6 Å². The lowest BCUT2D eigenvalue weighted by Gasteiger charge is -2.12. The molecule has 2 saturated carbocycles. The Labute approximate surface area is 146 Å². The number of hydrogen-bond donors (Lipinski definition) is 2. The van der Waals surface area contributed by atoms with Crippen molar-refractivity contribution in [1.29, 1.82) is 0 Å². The quantitative estimate of drug-likeness (QED) is 0.440. The van der Waals surface area contributed by atoms with Crippen molar-refractivity contribution in [2.24, 2.45) is 4.99 Å². The molecule has 21 heavy (non-hydrogen) atoms. The third-order valence-corrected chi connectivity index (χ3v) is 4.05. The highest BCUT2D eigenvalue weighted by Crippen LogP contribution is 2.44. The molecule has 2 aliphatic rings. The van der Waals surface area contributed by atoms with Gasteiger partial charge in [0, 0.05) is 35.1 Å². The lowest BCUT2D eigenvalue weighted by atomic mass is 10.1. The van der Waals surface area contributed by atoms with E-state index in [1.807, 2.05) is 6.92 Å². The largest absolute Gasteiger partial charge is 0.354 e. The number of hydrogen-bond acceptors (Lipinski definition) is 1. The highest BCUT2D eigenvalue weighted by Gasteiger charge is 2.42. The Kier molecular flexibility index (Phi) is 5.71. The zero-order chi connectivity index (χ0) is 14.1. The van der Waals surface area contributed by atoms with Crippen LogP contribution in [0.2, 0.25) is 5.02 Å². The standard InChI is InChI=1S/C15H19ClFN3.HI/c1-2-18-15(19-9-6-7-9)20-13-8-10(13)14-11(16)4-3-5-12(14)17;/h3-5,9-10,13H,2,6-8H2,1H3,(H2,18,19,20);1H. The Balaban J connectivity index is 0.00000161. The van der Waals surface area contributed by atoms with Crippen LogP contribution in [0.4, 0.5) is 4.39 Å². The second-order valence-electron chi connectivity index (χ2n) is 5.47. The first kappa shape index (κ1) is 16.8. The smallest absolute Gasteiger partial charge is 0.191 e. The van der Waals surface area contributed by atoms with Gasteiger partial charge in [0.2, 0.25) is 0 Å². The molecule has 2 fully saturated rings. The van der Waals surface area contributed by atoms with Gasteiger partial charge in [0.05, 0.1) is 0 Å². The molecule has 1 aromatic rings. The summed E-state index contributed by atoms with van der Waals surface area (Å²) >= 11 is 6.11. The molecule has 0 aliphatic heterocycles. The molecule has 2 N–H and O–H groups in total. The van der Waals surface area contributed by atoms with Gasteiger partial charge in [-0.15, -0.1) is 24.0 Å². The number of nitrogens with zero attached hydrogens (tertiary/aromatic N) is 1. The summed E-state index contributed by atoms with van der Waals surface area (Å²) in [6.45, 7) is 2.74. The topological polar surface area (TPSA) is 36.4 Å². The minimum Gasteiger partial charge on any atom is -0.354 e. The van der Waals surface area contributed by atoms with Gasteiger partial charge in [-0.3, -0.25) is 4.99 Å². The Hall–Kier alpha value is -0.560. The fourth-order valence-electron chi connectivity index (χ4n) is 2.43. The average molecular weight is 424 g/mol. The van der Waals surface area contributed by atoms with Crippen molar-refractivity contribution in [2.45, 2.75) is 44.2 Å². The number of nitrogens with one attached hydrogen (secondary N) is 2. The molecule has 0 aromatic heterocycles. The van der Waals surface area contributed by atoms with Gasteiger partial charge in [-0.25, -0.2) is 4.39 Å². The lowest BCUT2D eigenvalue weighted by molar-refractivity contribution is 0.608. The number of aliphatic imine (C=N–C) groups is 1. The first-order valence-corrected chi connectivity index (χ1v) is 7.58. The van der Waals surface area contributed by atoms with Crippen molar-refractivity contribution in [3.05, 3.63) is 34.6 Å². The van der Waals surface area contributed by atoms with Gasteiger partial charge >= 0.3 is 0 Å². The molecule has 3 rings (SSSR count). The van der Waals surface area contributed by atoms with Gasteiger partial charge in [-0.1, -0.05) is 17.7 Å². The van der Waals surface area contributed by atoms with Crippen LogP contribution < -0.4 is 10.6 Å². The molecule has 1 aromatic carbocycles. The maximum atomic E-state index is 13.9. The van der Waals surface area contributed by atoms with Gasteiger partial charge in [0.15, 0.2) is 5.96 Å². The van der Waals surface area contributed by atoms with E-state index in [1.54, 1.807) is 12.1 Å². The molecule has 116 valence electrons. The summed E-state index contributed by atoms with van der Waals surface area (Å²) in [5, 5.41) is 7.27. The minimum absolute atomic E-state index is 0. The molecule has 2 unspecified atom stereocenters. The van der Waals surface area contributed by atoms with Crippen LogP contribution in [0.1, 0.15) is 37.7 Å². The number of guanidine groups is 1. The third-order valence-electron chi connectivity index (χ3n) is 3.72. The van der Waals surface area contributed by atoms with E-state index in [-0.39, 0.29) is 41.8 Å². The normalized spacial score (nSPS) is 24.2. The van der Waals surface area contributed by atoms with Crippen LogP contribution in [0.25, 0.3) is 0 Å². The molecular weight excluding hydrogens is 404 g/mol. The van der Waals surface area contributed by atoms with Gasteiger partial charge < -0.3 is 10.6 Å². The molecule has 0 radical (unpaired) electrons. The second-order valence-corrected chi connectivity index (χ2v) is 5.88. The van der Waals surface area contributed by atoms with Crippen LogP contribution in [-0.2, 0) is 0 Å². The summed E-state index contributed by atoms with van der Waals surface area (Å²) in [4.78, 5) is 4.43. The van der Waals surface area contributed by atoms with Gasteiger partial charge in [0.25, 0.3) is 0 Å². The van der Waals surface area contributed by atoms with E-state index < -0.39 is 0 Å². The van der Waals surface area contributed by atoms with Crippen LogP contribution in [0.15, 0.2) is 23.2 Å². The van der Waals surface area contributed by atoms with Crippen LogP contribution in [-0.4, -0.2) is 24.6 Å². The molecule has 3 nitrogen and oxygen atoms in total. The van der Waals surface area contributed by atoms with E-state index >= 15 is 0 Å². The first-order valence-electron chi connectivity index (χ1n) is 7.20. The maximum absolute atomic E-state index is 13.9. The van der Waals surface area contributed by atoms with E-state index in [9.17, 15) is 4.39 Å². The summed E-state index contributed by atoms with van der Waals surface area (Å²) in [5.74, 6) is 0.776. The predicted molar refractivity (Wildman–Crippen MR) is 95.2 cm³/mol. The van der Waals surface area contributed by atoms with Crippen LogP contribution in [0, 0.1) is 5.82 Å². The van der Waals surface area contributed by atoms with Gasteiger partial charge in [-0.2, -0.15) is 0 Å². The highest BCUT2D eigenvalue weighted by atomic mass is 127. The molecule has 6 heteroatoms. The predicted octanol–water partition coefficient (Wildman–Crippen LogP) is 3.67. The van der Waals surface area contributed by atoms with Crippen LogP contribution in [0.3, 0.4) is 0 Å². The van der Waals surface area contributed by atoms with Gasteiger partial charge in [-0.05, 0) is 38.3 Å². The summed E-state index contributed by atoms with van der Waals surface area (Å²) in [7, 11) is 0. The van der Waals surface area contributed by atoms with Crippen molar-refractivity contribution in [2.75, 3.05) is 6.54 Å². The number of benzene rings is 1. The van der Waals surface area contributed by atoms with E-state index in [0.717, 1.165) is 18.9 Å². The molecular formula is C15H20ClFIN3. The summed E-state index contributed by atoms with van der Waals surface area (Å²) in [5.41, 5.74) is 0.633. The Morgan fingerprint density at radius 2 is 2.14 bits per heavy atom. The summed E-state index contributed by atoms with van der Waals surface area (Å²) in [6, 6.07) is 5.65. The molecule has 0 heterocycles. The fourth-order valence-corrected chi connectivity index (χ4v) is 2.73. The zero-order valence-electron chi connectivity index (χ0n) is 11.9. The molecule has 0 amide bonds. The van der Waals surface area contributed by atoms with Crippen molar-refractivity contribution >= 4 is 41.5 Å². The van der Waals surface area contributed by atoms with Crippen molar-refractivity contribution in [1.82, 2.24) is 10.6 Å². The highest BCUT2D eigenvalue weighted by molar-refractivity contribution is 14.0. The summed E-state index contributed by atoms with van der Waals surface area (Å²) < 4.78 is 13.9. The van der Waals surface area contributed by atoms with E-state index in [1.165, 1.54) is 18.9 Å². The van der Waals surface area contributed by atoms with E-state index in [4.69, 9.17) is 11.6 Å². The lowest BCUT2D eigenvalue weighted by Crippen LogP contribution is -2.40. The number of rotatable bonds is 4. The molecule has 0 bridgehead atoms. The molecule has 2 aliphatic carbocycles. The summed E-state index contributed by atoms with van der Waals surface area (Å²) in [6.07, 6.45) is 3.31. The van der Waals surface area contributed by atoms with Crippen molar-refractivity contribution in [3.63, 3.8) is 0 Å². The minimum atomic E-state index is -0.212. The Morgan fingerprint density at radius 1 is 1.38 bits per heavy atom. The Bertz CT molecular complexity index is 513. The average Bonchev–Trinajstić information content (AvgIpc) is 3.28. The van der Waals surface area contributed by atoms with Crippen molar-refractivity contribution < 1.29 is 4.39 Å². The van der Waals surface area contributed by atoms with Crippen LogP contribution in [0.5, 0.6) is 0 Å². The second kappa shape index (κ2) is 7.13. The molecule has 0 saturated heterocycles. The van der Waals surface area contributed by atoms with E-state index in [2.05, 4.69) is 15.6 Å². The van der Waals surface area contributed by atoms with E-state index in [0.29, 0.717) is 16.6 Å². The molecule has 2 atom stereocenters.